The number of aromatic nitrogens is 6. The van der Waals surface area contributed by atoms with E-state index in [1.165, 1.54) is 27.1 Å². The fourth-order valence-electron chi connectivity index (χ4n) is 3.48. The Morgan fingerprint density at radius 2 is 2.30 bits per heavy atom. The van der Waals surface area contributed by atoms with E-state index in [0.29, 0.717) is 0 Å². The molecule has 0 fully saturated rings. The quantitative estimate of drug-likeness (QED) is 0.523. The van der Waals surface area contributed by atoms with Gasteiger partial charge in [-0.2, -0.15) is 9.61 Å². The number of rotatable bonds is 2. The third kappa shape index (κ3) is 1.82. The number of fused-ring (bicyclic) bond motifs is 8. The predicted octanol–water partition coefficient (Wildman–Crippen LogP) is 3.22. The van der Waals surface area contributed by atoms with Crippen molar-refractivity contribution in [3.8, 4) is 0 Å². The van der Waals surface area contributed by atoms with E-state index < -0.39 is 0 Å². The summed E-state index contributed by atoms with van der Waals surface area (Å²) >= 11 is 3.60. The van der Waals surface area contributed by atoms with Gasteiger partial charge in [0.1, 0.15) is 11.2 Å². The van der Waals surface area contributed by atoms with Crippen LogP contribution in [0.15, 0.2) is 11.5 Å². The van der Waals surface area contributed by atoms with Crippen molar-refractivity contribution in [1.29, 1.82) is 0 Å². The minimum Gasteiger partial charge on any atom is -0.244 e. The van der Waals surface area contributed by atoms with Crippen molar-refractivity contribution < 1.29 is 0 Å². The summed E-state index contributed by atoms with van der Waals surface area (Å²) in [6.07, 6.45) is 5.15. The molecule has 6 nitrogen and oxygen atoms in total. The fraction of sp³-hybridized carbons (Fsp3) is 0.467. The van der Waals surface area contributed by atoms with Crippen LogP contribution in [-0.2, 0) is 12.8 Å². The molecule has 1 aliphatic carbocycles. The van der Waals surface area contributed by atoms with Gasteiger partial charge < -0.3 is 0 Å². The van der Waals surface area contributed by atoms with Gasteiger partial charge >= 0.3 is 0 Å². The highest BCUT2D eigenvalue weighted by molar-refractivity contribution is 7.99. The number of nitrogens with zero attached hydrogens (tertiary/aromatic N) is 6. The molecule has 1 aliphatic rings. The topological polar surface area (TPSA) is 60.4 Å². The van der Waals surface area contributed by atoms with Gasteiger partial charge in [-0.15, -0.1) is 21.5 Å². The first-order valence-corrected chi connectivity index (χ1v) is 9.72. The van der Waals surface area contributed by atoms with Gasteiger partial charge in [0.05, 0.1) is 5.39 Å². The van der Waals surface area contributed by atoms with Crippen LogP contribution < -0.4 is 0 Å². The summed E-state index contributed by atoms with van der Waals surface area (Å²) in [5.74, 6) is 2.48. The van der Waals surface area contributed by atoms with Gasteiger partial charge in [-0.25, -0.2) is 9.38 Å². The highest BCUT2D eigenvalue weighted by atomic mass is 32.2. The van der Waals surface area contributed by atoms with E-state index >= 15 is 0 Å². The number of thioether (sulfide) groups is 1. The average molecular weight is 344 g/mol. The molecule has 0 radical (unpaired) electrons. The van der Waals surface area contributed by atoms with E-state index in [4.69, 9.17) is 0 Å². The van der Waals surface area contributed by atoms with Crippen LogP contribution in [0.25, 0.3) is 21.6 Å². The molecule has 1 atom stereocenters. The Morgan fingerprint density at radius 1 is 1.39 bits per heavy atom. The highest BCUT2D eigenvalue weighted by Gasteiger charge is 2.26. The van der Waals surface area contributed by atoms with Gasteiger partial charge in [-0.1, -0.05) is 25.6 Å². The first-order valence-electron chi connectivity index (χ1n) is 7.91. The third-order valence-corrected chi connectivity index (χ3v) is 6.60. The maximum atomic E-state index is 4.52. The monoisotopic (exact) mass is 344 g/mol. The fourth-order valence-corrected chi connectivity index (χ4v) is 5.70. The van der Waals surface area contributed by atoms with E-state index in [0.717, 1.165) is 41.1 Å². The van der Waals surface area contributed by atoms with Gasteiger partial charge in [0.2, 0.25) is 0 Å². The molecule has 8 heteroatoms. The second-order valence-corrected chi connectivity index (χ2v) is 8.39. The lowest BCUT2D eigenvalue weighted by molar-refractivity contribution is 0.509. The molecule has 0 spiro atoms. The van der Waals surface area contributed by atoms with Crippen LogP contribution in [0.3, 0.4) is 0 Å². The smallest absolute Gasteiger partial charge is 0.244 e. The molecule has 118 valence electrons. The van der Waals surface area contributed by atoms with Crippen LogP contribution in [0.4, 0.5) is 0 Å². The van der Waals surface area contributed by atoms with Crippen LogP contribution in [0, 0.1) is 5.92 Å². The maximum absolute atomic E-state index is 4.52. The van der Waals surface area contributed by atoms with Gasteiger partial charge in [-0.05, 0) is 36.5 Å². The first kappa shape index (κ1) is 13.7. The lowest BCUT2D eigenvalue weighted by atomic mass is 9.89. The molecule has 23 heavy (non-hydrogen) atoms. The number of thiophene rings is 1. The zero-order chi connectivity index (χ0) is 15.6. The molecule has 0 aromatic carbocycles. The van der Waals surface area contributed by atoms with E-state index in [1.54, 1.807) is 18.1 Å². The Bertz CT molecular complexity index is 1040. The minimum atomic E-state index is 0.755. The van der Waals surface area contributed by atoms with Gasteiger partial charge in [-0.3, -0.25) is 0 Å². The zero-order valence-electron chi connectivity index (χ0n) is 13.0. The molecule has 4 aromatic heterocycles. The highest BCUT2D eigenvalue weighted by Crippen LogP contribution is 2.40. The molecule has 5 rings (SSSR count). The normalized spacial score (nSPS) is 18.3. The number of aryl methyl sites for hydroxylation is 1. The summed E-state index contributed by atoms with van der Waals surface area (Å²) in [5.41, 5.74) is 2.38. The molecule has 0 N–H and O–H groups in total. The van der Waals surface area contributed by atoms with Crippen molar-refractivity contribution >= 4 is 44.7 Å². The molecule has 0 bridgehead atoms. The molecule has 0 saturated heterocycles. The SMILES string of the molecule is CCSc1nnc2n3ncnc3c3c4c(sc3n12)C[C@H](C)CC4. The lowest BCUT2D eigenvalue weighted by Gasteiger charge is -2.17. The standard InChI is InChI=1S/C15H16N6S2/c1-3-22-15-19-18-14-20(15)13-11(12-16-7-17-21(12)14)9-5-4-8(2)6-10(9)23-13/h7-8H,3-6H2,1-2H3/t8-/m1/s1. The molecular weight excluding hydrogens is 328 g/mol. The average Bonchev–Trinajstić information content (AvgIpc) is 3.21. The van der Waals surface area contributed by atoms with Crippen LogP contribution in [0.5, 0.6) is 0 Å². The summed E-state index contributed by atoms with van der Waals surface area (Å²) in [5, 5.41) is 15.3. The summed E-state index contributed by atoms with van der Waals surface area (Å²) in [6.45, 7) is 4.48. The second-order valence-electron chi connectivity index (χ2n) is 6.08. The van der Waals surface area contributed by atoms with Crippen LogP contribution in [0.2, 0.25) is 0 Å². The van der Waals surface area contributed by atoms with Crippen LogP contribution in [-0.4, -0.2) is 34.9 Å². The van der Waals surface area contributed by atoms with E-state index in [1.807, 2.05) is 15.9 Å². The predicted molar refractivity (Wildman–Crippen MR) is 92.5 cm³/mol. The Labute approximate surface area is 140 Å². The summed E-state index contributed by atoms with van der Waals surface area (Å²) in [4.78, 5) is 7.24. The third-order valence-electron chi connectivity index (χ3n) is 4.55. The Hall–Kier alpha value is -1.67. The van der Waals surface area contributed by atoms with E-state index in [2.05, 4.69) is 38.5 Å². The Morgan fingerprint density at radius 3 is 3.17 bits per heavy atom. The van der Waals surface area contributed by atoms with Crippen molar-refractivity contribution in [2.24, 2.45) is 5.92 Å². The van der Waals surface area contributed by atoms with Gasteiger partial charge in [0, 0.05) is 4.88 Å². The largest absolute Gasteiger partial charge is 0.260 e. The second kappa shape index (κ2) is 4.91. The van der Waals surface area contributed by atoms with Gasteiger partial charge in [0.25, 0.3) is 5.78 Å². The lowest BCUT2D eigenvalue weighted by Crippen LogP contribution is -2.08. The number of hydrogen-bond acceptors (Lipinski definition) is 6. The van der Waals surface area contributed by atoms with Crippen molar-refractivity contribution in [3.05, 3.63) is 16.8 Å². The molecule has 4 heterocycles. The van der Waals surface area contributed by atoms with E-state index in [9.17, 15) is 0 Å². The summed E-state index contributed by atoms with van der Waals surface area (Å²) in [7, 11) is 0. The van der Waals surface area contributed by atoms with E-state index in [-0.39, 0.29) is 0 Å². The molecule has 0 saturated carbocycles. The number of hydrogen-bond donors (Lipinski definition) is 0. The first-order chi connectivity index (χ1) is 11.3. The summed E-state index contributed by atoms with van der Waals surface area (Å²) in [6, 6.07) is 0. The van der Waals surface area contributed by atoms with Crippen molar-refractivity contribution in [3.63, 3.8) is 0 Å². The van der Waals surface area contributed by atoms with Crippen molar-refractivity contribution in [1.82, 2.24) is 29.2 Å². The molecule has 0 amide bonds. The zero-order valence-corrected chi connectivity index (χ0v) is 14.6. The van der Waals surface area contributed by atoms with Crippen LogP contribution >= 0.6 is 23.1 Å². The summed E-state index contributed by atoms with van der Waals surface area (Å²) < 4.78 is 4.00. The molecule has 0 unspecified atom stereocenters. The molecule has 0 aliphatic heterocycles. The minimum absolute atomic E-state index is 0.755. The van der Waals surface area contributed by atoms with Crippen molar-refractivity contribution in [2.45, 2.75) is 38.3 Å². The molecule has 4 aromatic rings. The van der Waals surface area contributed by atoms with Gasteiger partial charge in [0.15, 0.2) is 10.8 Å². The molecular formula is C15H16N6S2. The Kier molecular flexibility index (Phi) is 2.93. The van der Waals surface area contributed by atoms with Crippen LogP contribution in [0.1, 0.15) is 30.7 Å². The van der Waals surface area contributed by atoms with Crippen molar-refractivity contribution in [2.75, 3.05) is 5.75 Å². The Balaban J connectivity index is 1.98. The maximum Gasteiger partial charge on any atom is 0.260 e.